The summed E-state index contributed by atoms with van der Waals surface area (Å²) in [5.74, 6) is -1.23. The molecule has 154 valence electrons. The number of esters is 1. The highest BCUT2D eigenvalue weighted by Gasteiger charge is 2.25. The Bertz CT molecular complexity index is 793. The van der Waals surface area contributed by atoms with Gasteiger partial charge in [-0.05, 0) is 17.0 Å². The number of carbonyl (C=O) groups excluding carboxylic acids is 3. The van der Waals surface area contributed by atoms with Crippen molar-refractivity contribution in [1.29, 1.82) is 0 Å². The second kappa shape index (κ2) is 11.5. The van der Waals surface area contributed by atoms with Gasteiger partial charge in [-0.15, -0.1) is 0 Å². The van der Waals surface area contributed by atoms with Crippen LogP contribution >= 0.6 is 0 Å². The van der Waals surface area contributed by atoms with Gasteiger partial charge >= 0.3 is 12.1 Å². The van der Waals surface area contributed by atoms with Crippen molar-refractivity contribution in [1.82, 2.24) is 10.6 Å². The Kier molecular flexibility index (Phi) is 8.69. The van der Waals surface area contributed by atoms with E-state index < -0.39 is 24.0 Å². The third kappa shape index (κ3) is 8.04. The molecule has 2 aromatic rings. The normalized spacial score (nSPS) is 11.4. The highest BCUT2D eigenvalue weighted by atomic mass is 16.5. The molecule has 0 saturated heterocycles. The standard InChI is InChI=1S/C22H26N2O5/c1-16(2)20(24-22(27)29-15-18-11-7-4-8-12-18)21(26)23-13-19(25)28-14-17-9-5-3-6-10-17/h3-12,16,20H,13-15H2,1-2H3,(H,23,26)(H,24,27)/t20-/m0/s1. The number of ether oxygens (including phenoxy) is 2. The fraction of sp³-hybridized carbons (Fsp3) is 0.318. The Balaban J connectivity index is 1.76. The van der Waals surface area contributed by atoms with Crippen LogP contribution in [0.4, 0.5) is 4.79 Å². The summed E-state index contributed by atoms with van der Waals surface area (Å²) in [7, 11) is 0. The molecule has 2 rings (SSSR count). The molecule has 0 fully saturated rings. The molecular formula is C22H26N2O5. The number of amides is 2. The molecule has 0 spiro atoms. The number of carbonyl (C=O) groups is 3. The molecule has 0 bridgehead atoms. The van der Waals surface area contributed by atoms with Gasteiger partial charge in [-0.25, -0.2) is 4.79 Å². The molecule has 7 nitrogen and oxygen atoms in total. The third-order valence-corrected chi connectivity index (χ3v) is 4.08. The van der Waals surface area contributed by atoms with Crippen LogP contribution in [-0.4, -0.2) is 30.6 Å². The molecule has 2 aromatic carbocycles. The van der Waals surface area contributed by atoms with E-state index in [1.54, 1.807) is 13.8 Å². The zero-order chi connectivity index (χ0) is 21.1. The van der Waals surface area contributed by atoms with Crippen LogP contribution in [0.2, 0.25) is 0 Å². The number of alkyl carbamates (subject to hydrolysis) is 1. The van der Waals surface area contributed by atoms with Gasteiger partial charge in [0.15, 0.2) is 0 Å². The number of hydrogen-bond acceptors (Lipinski definition) is 5. The van der Waals surface area contributed by atoms with Crippen LogP contribution in [0.5, 0.6) is 0 Å². The zero-order valence-electron chi connectivity index (χ0n) is 16.6. The molecule has 0 unspecified atom stereocenters. The van der Waals surface area contributed by atoms with Crippen molar-refractivity contribution >= 4 is 18.0 Å². The molecule has 0 heterocycles. The average Bonchev–Trinajstić information content (AvgIpc) is 2.74. The summed E-state index contributed by atoms with van der Waals surface area (Å²) in [6.45, 7) is 3.53. The predicted molar refractivity (Wildman–Crippen MR) is 108 cm³/mol. The van der Waals surface area contributed by atoms with Gasteiger partial charge in [0.25, 0.3) is 0 Å². The topological polar surface area (TPSA) is 93.7 Å². The summed E-state index contributed by atoms with van der Waals surface area (Å²) in [6.07, 6.45) is -0.700. The van der Waals surface area contributed by atoms with Gasteiger partial charge in [-0.1, -0.05) is 74.5 Å². The highest BCUT2D eigenvalue weighted by molar-refractivity contribution is 5.88. The molecule has 0 aromatic heterocycles. The number of rotatable bonds is 9. The number of benzene rings is 2. The van der Waals surface area contributed by atoms with Gasteiger partial charge in [0, 0.05) is 0 Å². The summed E-state index contributed by atoms with van der Waals surface area (Å²) in [5, 5.41) is 5.04. The predicted octanol–water partition coefficient (Wildman–Crippen LogP) is 2.80. The van der Waals surface area contributed by atoms with E-state index in [1.165, 1.54) is 0 Å². The lowest BCUT2D eigenvalue weighted by Gasteiger charge is -2.21. The minimum Gasteiger partial charge on any atom is -0.460 e. The maximum atomic E-state index is 12.4. The first-order valence-corrected chi connectivity index (χ1v) is 9.40. The minimum atomic E-state index is -0.833. The maximum Gasteiger partial charge on any atom is 0.408 e. The molecule has 0 saturated carbocycles. The Morgan fingerprint density at radius 3 is 1.86 bits per heavy atom. The molecule has 0 aliphatic rings. The van der Waals surface area contributed by atoms with Crippen molar-refractivity contribution in [2.24, 2.45) is 5.92 Å². The van der Waals surface area contributed by atoms with Gasteiger partial charge in [-0.3, -0.25) is 9.59 Å². The minimum absolute atomic E-state index is 0.102. The fourth-order valence-electron chi connectivity index (χ4n) is 2.49. The van der Waals surface area contributed by atoms with E-state index in [4.69, 9.17) is 9.47 Å². The van der Waals surface area contributed by atoms with Crippen LogP contribution in [0.15, 0.2) is 60.7 Å². The van der Waals surface area contributed by atoms with E-state index in [1.807, 2.05) is 60.7 Å². The van der Waals surface area contributed by atoms with Crippen LogP contribution < -0.4 is 10.6 Å². The Labute approximate surface area is 170 Å². The number of nitrogens with one attached hydrogen (secondary N) is 2. The largest absolute Gasteiger partial charge is 0.460 e. The molecule has 0 aliphatic carbocycles. The van der Waals surface area contributed by atoms with Crippen LogP contribution in [0.1, 0.15) is 25.0 Å². The first-order chi connectivity index (χ1) is 14.0. The molecule has 7 heteroatoms. The second-order valence-corrected chi connectivity index (χ2v) is 6.79. The van der Waals surface area contributed by atoms with E-state index in [-0.39, 0.29) is 25.7 Å². The monoisotopic (exact) mass is 398 g/mol. The lowest BCUT2D eigenvalue weighted by Crippen LogP contribution is -2.50. The van der Waals surface area contributed by atoms with Crippen LogP contribution in [-0.2, 0) is 32.3 Å². The van der Waals surface area contributed by atoms with Crippen LogP contribution in [0.3, 0.4) is 0 Å². The van der Waals surface area contributed by atoms with Crippen LogP contribution in [0, 0.1) is 5.92 Å². The summed E-state index contributed by atoms with van der Waals surface area (Å²) in [5.41, 5.74) is 1.70. The first kappa shape index (κ1) is 21.9. The lowest BCUT2D eigenvalue weighted by atomic mass is 10.0. The average molecular weight is 398 g/mol. The van der Waals surface area contributed by atoms with Crippen molar-refractivity contribution in [2.45, 2.75) is 33.1 Å². The second-order valence-electron chi connectivity index (χ2n) is 6.79. The van der Waals surface area contributed by atoms with Gasteiger partial charge in [0.1, 0.15) is 25.8 Å². The van der Waals surface area contributed by atoms with Crippen molar-refractivity contribution in [3.05, 3.63) is 71.8 Å². The smallest absolute Gasteiger partial charge is 0.408 e. The van der Waals surface area contributed by atoms with E-state index in [9.17, 15) is 14.4 Å². The highest BCUT2D eigenvalue weighted by Crippen LogP contribution is 2.05. The summed E-state index contributed by atoms with van der Waals surface area (Å²) < 4.78 is 10.3. The van der Waals surface area contributed by atoms with Gasteiger partial charge in [0.05, 0.1) is 0 Å². The molecule has 0 radical (unpaired) electrons. The van der Waals surface area contributed by atoms with Crippen molar-refractivity contribution < 1.29 is 23.9 Å². The molecule has 2 amide bonds. The first-order valence-electron chi connectivity index (χ1n) is 9.40. The summed E-state index contributed by atoms with van der Waals surface area (Å²) in [6, 6.07) is 17.6. The van der Waals surface area contributed by atoms with Crippen molar-refractivity contribution in [3.8, 4) is 0 Å². The Hall–Kier alpha value is -3.35. The summed E-state index contributed by atoms with van der Waals surface area (Å²) in [4.78, 5) is 36.3. The van der Waals surface area contributed by atoms with E-state index >= 15 is 0 Å². The fourth-order valence-corrected chi connectivity index (χ4v) is 2.49. The Morgan fingerprint density at radius 1 is 0.828 bits per heavy atom. The molecule has 0 aliphatic heterocycles. The lowest BCUT2D eigenvalue weighted by molar-refractivity contribution is -0.145. The van der Waals surface area contributed by atoms with Gasteiger partial charge in [-0.2, -0.15) is 0 Å². The van der Waals surface area contributed by atoms with Crippen molar-refractivity contribution in [2.75, 3.05) is 6.54 Å². The van der Waals surface area contributed by atoms with Gasteiger partial charge in [0.2, 0.25) is 5.91 Å². The number of hydrogen-bond donors (Lipinski definition) is 2. The Morgan fingerprint density at radius 2 is 1.34 bits per heavy atom. The quantitative estimate of drug-likeness (QED) is 0.634. The van der Waals surface area contributed by atoms with E-state index in [2.05, 4.69) is 10.6 Å². The molecule has 2 N–H and O–H groups in total. The van der Waals surface area contributed by atoms with Crippen LogP contribution in [0.25, 0.3) is 0 Å². The zero-order valence-corrected chi connectivity index (χ0v) is 16.6. The third-order valence-electron chi connectivity index (χ3n) is 4.08. The molecular weight excluding hydrogens is 372 g/mol. The van der Waals surface area contributed by atoms with Crippen molar-refractivity contribution in [3.63, 3.8) is 0 Å². The molecule has 1 atom stereocenters. The SMILES string of the molecule is CC(C)[C@H](NC(=O)OCc1ccccc1)C(=O)NCC(=O)OCc1ccccc1. The maximum absolute atomic E-state index is 12.4. The molecule has 29 heavy (non-hydrogen) atoms. The summed E-state index contributed by atoms with van der Waals surface area (Å²) >= 11 is 0. The van der Waals surface area contributed by atoms with Gasteiger partial charge < -0.3 is 20.1 Å². The van der Waals surface area contributed by atoms with E-state index in [0.29, 0.717) is 0 Å². The van der Waals surface area contributed by atoms with E-state index in [0.717, 1.165) is 11.1 Å².